The summed E-state index contributed by atoms with van der Waals surface area (Å²) in [6, 6.07) is 8.56. The maximum Gasteiger partial charge on any atom is 0.269 e. The normalized spacial score (nSPS) is 15.0. The lowest BCUT2D eigenvalue weighted by atomic mass is 10.2. The van der Waals surface area contributed by atoms with E-state index in [1.807, 2.05) is 6.07 Å². The van der Waals surface area contributed by atoms with Crippen LogP contribution in [-0.2, 0) is 10.0 Å². The fourth-order valence-corrected chi connectivity index (χ4v) is 6.02. The van der Waals surface area contributed by atoms with Gasteiger partial charge >= 0.3 is 0 Å². The predicted molar refractivity (Wildman–Crippen MR) is 107 cm³/mol. The minimum absolute atomic E-state index is 0.0127. The summed E-state index contributed by atoms with van der Waals surface area (Å²) in [4.78, 5) is 17.0. The van der Waals surface area contributed by atoms with Gasteiger partial charge in [-0.05, 0) is 36.4 Å². The molecule has 2 N–H and O–H groups in total. The molecule has 1 saturated heterocycles. The Balaban J connectivity index is 1.56. The van der Waals surface area contributed by atoms with Crippen molar-refractivity contribution in [3.8, 4) is 11.4 Å². The summed E-state index contributed by atoms with van der Waals surface area (Å²) in [6.07, 6.45) is 1.65. The Bertz CT molecular complexity index is 1120. The summed E-state index contributed by atoms with van der Waals surface area (Å²) >= 11 is 7.21. The first-order valence-corrected chi connectivity index (χ1v) is 11.2. The molecule has 3 heterocycles. The Hall–Kier alpha value is -2.27. The molecule has 28 heavy (non-hydrogen) atoms. The van der Waals surface area contributed by atoms with Crippen molar-refractivity contribution in [1.82, 2.24) is 19.5 Å². The van der Waals surface area contributed by atoms with Gasteiger partial charge in [0.25, 0.3) is 5.91 Å². The lowest BCUT2D eigenvalue weighted by Gasteiger charge is -2.15. The van der Waals surface area contributed by atoms with Crippen LogP contribution in [0.15, 0.2) is 40.6 Å². The van der Waals surface area contributed by atoms with E-state index < -0.39 is 15.9 Å². The van der Waals surface area contributed by atoms with Gasteiger partial charge in [-0.3, -0.25) is 15.2 Å². The molecule has 0 unspecified atom stereocenters. The zero-order valence-electron chi connectivity index (χ0n) is 14.6. The monoisotopic (exact) mass is 437 g/mol. The van der Waals surface area contributed by atoms with Gasteiger partial charge in [0.05, 0.1) is 5.02 Å². The molecule has 0 spiro atoms. The second kappa shape index (κ2) is 7.63. The van der Waals surface area contributed by atoms with Crippen molar-refractivity contribution < 1.29 is 13.2 Å². The van der Waals surface area contributed by atoms with Gasteiger partial charge < -0.3 is 0 Å². The maximum atomic E-state index is 12.8. The number of nitrogens with one attached hydrogen (secondary N) is 2. The second-order valence-electron chi connectivity index (χ2n) is 6.17. The van der Waals surface area contributed by atoms with Crippen LogP contribution < -0.4 is 5.32 Å². The van der Waals surface area contributed by atoms with Crippen molar-refractivity contribution in [3.05, 3.63) is 45.6 Å². The summed E-state index contributed by atoms with van der Waals surface area (Å²) < 4.78 is 27.0. The van der Waals surface area contributed by atoms with Crippen LogP contribution in [0.4, 0.5) is 5.95 Å². The van der Waals surface area contributed by atoms with Gasteiger partial charge in [-0.2, -0.15) is 9.29 Å². The molecule has 4 rings (SSSR count). The van der Waals surface area contributed by atoms with Crippen molar-refractivity contribution >= 4 is 44.8 Å². The standard InChI is InChI=1S/C17H16ClN5O3S2/c18-12-6-2-1-5-11(12)15-19-17(22-21-15)20-16(24)14-13(7-10-27-14)28(25,26)23-8-3-4-9-23/h1-2,5-7,10H,3-4,8-9H2,(H2,19,20,21,22,24). The molecule has 1 fully saturated rings. The Morgan fingerprint density at radius 2 is 1.96 bits per heavy atom. The Kier molecular flexibility index (Phi) is 5.19. The third kappa shape index (κ3) is 3.55. The lowest BCUT2D eigenvalue weighted by Crippen LogP contribution is -2.29. The average molecular weight is 438 g/mol. The number of sulfonamides is 1. The van der Waals surface area contributed by atoms with Gasteiger partial charge in [0, 0.05) is 18.7 Å². The second-order valence-corrected chi connectivity index (χ2v) is 9.40. The highest BCUT2D eigenvalue weighted by molar-refractivity contribution is 7.89. The van der Waals surface area contributed by atoms with E-state index in [-0.39, 0.29) is 15.7 Å². The van der Waals surface area contributed by atoms with Crippen LogP contribution in [0.2, 0.25) is 5.02 Å². The average Bonchev–Trinajstić information content (AvgIpc) is 3.43. The van der Waals surface area contributed by atoms with E-state index in [1.165, 1.54) is 10.4 Å². The van der Waals surface area contributed by atoms with Crippen molar-refractivity contribution in [1.29, 1.82) is 0 Å². The van der Waals surface area contributed by atoms with Crippen molar-refractivity contribution in [2.45, 2.75) is 17.7 Å². The molecule has 1 aliphatic rings. The molecule has 0 aliphatic carbocycles. The van der Waals surface area contributed by atoms with Crippen LogP contribution in [0.1, 0.15) is 22.5 Å². The van der Waals surface area contributed by atoms with Crippen molar-refractivity contribution in [3.63, 3.8) is 0 Å². The number of aromatic amines is 1. The Morgan fingerprint density at radius 1 is 1.21 bits per heavy atom. The van der Waals surface area contributed by atoms with Gasteiger partial charge in [-0.15, -0.1) is 16.4 Å². The third-order valence-electron chi connectivity index (χ3n) is 4.36. The molecule has 0 saturated carbocycles. The van der Waals surface area contributed by atoms with E-state index >= 15 is 0 Å². The highest BCUT2D eigenvalue weighted by atomic mass is 35.5. The summed E-state index contributed by atoms with van der Waals surface area (Å²) in [7, 11) is -3.69. The Labute approximate surface area is 170 Å². The number of anilines is 1. The molecule has 3 aromatic rings. The topological polar surface area (TPSA) is 108 Å². The number of halogens is 1. The molecule has 0 atom stereocenters. The first-order valence-electron chi connectivity index (χ1n) is 8.53. The fraction of sp³-hybridized carbons (Fsp3) is 0.235. The zero-order valence-corrected chi connectivity index (χ0v) is 16.9. The number of thiophene rings is 1. The molecular weight excluding hydrogens is 422 g/mol. The molecule has 11 heteroatoms. The number of rotatable bonds is 5. The van der Waals surface area contributed by atoms with Gasteiger partial charge in [0.1, 0.15) is 9.77 Å². The minimum atomic E-state index is -3.69. The molecule has 0 radical (unpaired) electrons. The number of amides is 1. The zero-order chi connectivity index (χ0) is 19.7. The van der Waals surface area contributed by atoms with Crippen LogP contribution in [0.3, 0.4) is 0 Å². The molecule has 1 amide bonds. The summed E-state index contributed by atoms with van der Waals surface area (Å²) in [5, 5.41) is 11.3. The summed E-state index contributed by atoms with van der Waals surface area (Å²) in [5.41, 5.74) is 0.644. The van der Waals surface area contributed by atoms with Crippen LogP contribution in [0.5, 0.6) is 0 Å². The predicted octanol–water partition coefficient (Wildman–Crippen LogP) is 3.22. The quantitative estimate of drug-likeness (QED) is 0.637. The molecule has 2 aromatic heterocycles. The molecule has 8 nitrogen and oxygen atoms in total. The number of carbonyl (C=O) groups excluding carboxylic acids is 1. The highest BCUT2D eigenvalue weighted by Gasteiger charge is 2.32. The van der Waals surface area contributed by atoms with Crippen LogP contribution in [-0.4, -0.2) is 46.9 Å². The van der Waals surface area contributed by atoms with E-state index in [1.54, 1.807) is 23.6 Å². The number of nitrogens with zero attached hydrogens (tertiary/aromatic N) is 3. The largest absolute Gasteiger partial charge is 0.288 e. The van der Waals surface area contributed by atoms with E-state index in [4.69, 9.17) is 11.6 Å². The number of hydrogen-bond acceptors (Lipinski definition) is 6. The SMILES string of the molecule is O=C(Nc1n[nH]c(-c2ccccc2Cl)n1)c1sccc1S(=O)(=O)N1CCCC1. The molecular formula is C17H16ClN5O3S2. The number of aromatic nitrogens is 3. The molecule has 0 bridgehead atoms. The summed E-state index contributed by atoms with van der Waals surface area (Å²) in [5.74, 6) is -0.132. The van der Waals surface area contributed by atoms with Gasteiger partial charge in [0.2, 0.25) is 16.0 Å². The molecule has 146 valence electrons. The first-order chi connectivity index (χ1) is 13.5. The van der Waals surface area contributed by atoms with Gasteiger partial charge in [0.15, 0.2) is 5.82 Å². The number of hydrogen-bond donors (Lipinski definition) is 2. The smallest absolute Gasteiger partial charge is 0.269 e. The van der Waals surface area contributed by atoms with Crippen molar-refractivity contribution in [2.75, 3.05) is 18.4 Å². The highest BCUT2D eigenvalue weighted by Crippen LogP contribution is 2.29. The molecule has 1 aliphatic heterocycles. The number of H-pyrrole nitrogens is 1. The van der Waals surface area contributed by atoms with Gasteiger partial charge in [-0.1, -0.05) is 23.7 Å². The summed E-state index contributed by atoms with van der Waals surface area (Å²) in [6.45, 7) is 0.947. The Morgan fingerprint density at radius 3 is 2.71 bits per heavy atom. The van der Waals surface area contributed by atoms with Gasteiger partial charge in [-0.25, -0.2) is 8.42 Å². The maximum absolute atomic E-state index is 12.8. The fourth-order valence-electron chi connectivity index (χ4n) is 2.98. The van der Waals surface area contributed by atoms with E-state index in [0.29, 0.717) is 29.5 Å². The number of benzene rings is 1. The molecule has 1 aromatic carbocycles. The van der Waals surface area contributed by atoms with Crippen LogP contribution >= 0.6 is 22.9 Å². The third-order valence-corrected chi connectivity index (χ3v) is 7.67. The van der Waals surface area contributed by atoms with Crippen LogP contribution in [0, 0.1) is 0 Å². The first kappa shape index (κ1) is 19.1. The minimum Gasteiger partial charge on any atom is -0.288 e. The lowest BCUT2D eigenvalue weighted by molar-refractivity contribution is 0.102. The number of carbonyl (C=O) groups is 1. The van der Waals surface area contributed by atoms with Crippen LogP contribution in [0.25, 0.3) is 11.4 Å². The van der Waals surface area contributed by atoms with E-state index in [0.717, 1.165) is 24.2 Å². The van der Waals surface area contributed by atoms with E-state index in [9.17, 15) is 13.2 Å². The van der Waals surface area contributed by atoms with E-state index in [2.05, 4.69) is 20.5 Å². The van der Waals surface area contributed by atoms with Crippen molar-refractivity contribution in [2.24, 2.45) is 0 Å².